The van der Waals surface area contributed by atoms with Crippen LogP contribution in [0.25, 0.3) is 22.3 Å². The molecular weight excluding hydrogens is 494 g/mol. The fourth-order valence-electron chi connectivity index (χ4n) is 5.07. The molecule has 0 bridgehead atoms. The molecule has 0 aliphatic carbocycles. The number of fused-ring (bicyclic) bond motifs is 1. The zero-order valence-corrected chi connectivity index (χ0v) is 21.6. The summed E-state index contributed by atoms with van der Waals surface area (Å²) in [6.45, 7) is 1.10. The van der Waals surface area contributed by atoms with Gasteiger partial charge in [-0.3, -0.25) is 4.79 Å². The van der Waals surface area contributed by atoms with Gasteiger partial charge in [-0.2, -0.15) is 0 Å². The van der Waals surface area contributed by atoms with Crippen LogP contribution in [-0.4, -0.2) is 45.6 Å². The fraction of sp³-hybridized carbons (Fsp3) is 0.276. The van der Waals surface area contributed by atoms with Gasteiger partial charge in [-0.25, -0.2) is 0 Å². The van der Waals surface area contributed by atoms with Crippen molar-refractivity contribution in [2.75, 3.05) is 39.3 Å². The van der Waals surface area contributed by atoms with E-state index in [2.05, 4.69) is 4.90 Å². The number of nitrogens with zero attached hydrogens (tertiary/aromatic N) is 1. The number of anilines is 1. The van der Waals surface area contributed by atoms with Gasteiger partial charge in [0.25, 0.3) is 0 Å². The fourth-order valence-corrected chi connectivity index (χ4v) is 5.30. The number of halogens is 1. The lowest BCUT2D eigenvalue weighted by molar-refractivity contribution is 0.128. The highest BCUT2D eigenvalue weighted by Gasteiger charge is 2.34. The first-order valence-electron chi connectivity index (χ1n) is 12.0. The minimum Gasteiger partial charge on any atom is -0.497 e. The summed E-state index contributed by atoms with van der Waals surface area (Å²) >= 11 is 6.42. The third-order valence-corrected chi connectivity index (χ3v) is 7.27. The quantitative estimate of drug-likeness (QED) is 0.359. The lowest BCUT2D eigenvalue weighted by atomic mass is 9.85. The number of aliphatic hydroxyl groups excluding tert-OH is 1. The average molecular weight is 522 g/mol. The van der Waals surface area contributed by atoms with Crippen molar-refractivity contribution in [3.05, 3.63) is 81.5 Å². The molecule has 2 atom stereocenters. The van der Waals surface area contributed by atoms with Crippen molar-refractivity contribution in [1.82, 2.24) is 0 Å². The van der Waals surface area contributed by atoms with Crippen molar-refractivity contribution in [2.45, 2.75) is 18.4 Å². The Bertz CT molecular complexity index is 1480. The Morgan fingerprint density at radius 1 is 0.973 bits per heavy atom. The summed E-state index contributed by atoms with van der Waals surface area (Å²) < 4.78 is 22.9. The van der Waals surface area contributed by atoms with Gasteiger partial charge < -0.3 is 28.6 Å². The largest absolute Gasteiger partial charge is 0.497 e. The Balaban J connectivity index is 1.61. The molecule has 1 N–H and O–H groups in total. The van der Waals surface area contributed by atoms with E-state index in [1.165, 1.54) is 13.2 Å². The van der Waals surface area contributed by atoms with Gasteiger partial charge >= 0.3 is 0 Å². The van der Waals surface area contributed by atoms with Gasteiger partial charge in [0.2, 0.25) is 0 Å². The summed E-state index contributed by atoms with van der Waals surface area (Å²) in [7, 11) is 4.68. The van der Waals surface area contributed by atoms with Crippen molar-refractivity contribution in [2.24, 2.45) is 0 Å². The van der Waals surface area contributed by atoms with Crippen LogP contribution < -0.4 is 24.5 Å². The number of rotatable bonds is 6. The maximum absolute atomic E-state index is 13.4. The number of ether oxygens (including phenoxy) is 3. The number of hydrogen-bond donors (Lipinski definition) is 1. The molecule has 1 aromatic heterocycles. The Hall–Kier alpha value is -3.68. The van der Waals surface area contributed by atoms with E-state index in [1.54, 1.807) is 32.4 Å². The first kappa shape index (κ1) is 25.0. The van der Waals surface area contributed by atoms with E-state index in [9.17, 15) is 9.90 Å². The maximum Gasteiger partial charge on any atom is 0.197 e. The lowest BCUT2D eigenvalue weighted by Crippen LogP contribution is -2.43. The van der Waals surface area contributed by atoms with Gasteiger partial charge in [0, 0.05) is 48.0 Å². The minimum absolute atomic E-state index is 0.262. The molecule has 7 nitrogen and oxygen atoms in total. The predicted molar refractivity (Wildman–Crippen MR) is 145 cm³/mol. The van der Waals surface area contributed by atoms with Crippen molar-refractivity contribution in [3.8, 4) is 28.6 Å². The zero-order chi connectivity index (χ0) is 26.1. The van der Waals surface area contributed by atoms with Gasteiger partial charge in [0.15, 0.2) is 5.43 Å². The molecule has 2 heterocycles. The zero-order valence-electron chi connectivity index (χ0n) is 20.9. The standard InChI is InChI=1S/C29H28ClNO6/c1-34-18-10-8-17(9-11-18)31-13-12-20(23(33)16-31)27-25(35-2)15-26(36-3)28-22(32)14-24(37-29(27)28)19-6-4-5-7-21(19)30/h4-11,14-15,20,23,33H,12-13,16H2,1-3H3. The second kappa shape index (κ2) is 10.4. The van der Waals surface area contributed by atoms with Crippen LogP contribution in [0.4, 0.5) is 5.69 Å². The van der Waals surface area contributed by atoms with E-state index in [1.807, 2.05) is 36.4 Å². The molecule has 1 saturated heterocycles. The molecular formula is C29H28ClNO6. The third kappa shape index (κ3) is 4.61. The molecule has 3 aromatic carbocycles. The number of hydrogen-bond acceptors (Lipinski definition) is 7. The van der Waals surface area contributed by atoms with Crippen LogP contribution in [0, 0.1) is 0 Å². The number of aliphatic hydroxyl groups is 1. The second-order valence-electron chi connectivity index (χ2n) is 8.96. The summed E-state index contributed by atoms with van der Waals surface area (Å²) in [6, 6.07) is 18.0. The van der Waals surface area contributed by atoms with Gasteiger partial charge in [-0.05, 0) is 42.8 Å². The molecule has 5 rings (SSSR count). The van der Waals surface area contributed by atoms with Crippen LogP contribution in [0.2, 0.25) is 5.02 Å². The number of benzene rings is 3. The minimum atomic E-state index is -0.740. The molecule has 0 radical (unpaired) electrons. The normalized spacial score (nSPS) is 17.6. The molecule has 1 fully saturated rings. The smallest absolute Gasteiger partial charge is 0.197 e. The Labute approximate surface area is 219 Å². The van der Waals surface area contributed by atoms with Crippen LogP contribution in [0.15, 0.2) is 69.9 Å². The van der Waals surface area contributed by atoms with Crippen LogP contribution >= 0.6 is 11.6 Å². The van der Waals surface area contributed by atoms with E-state index in [0.717, 1.165) is 11.4 Å². The topological polar surface area (TPSA) is 81.4 Å². The van der Waals surface area contributed by atoms with Crippen molar-refractivity contribution >= 4 is 28.3 Å². The number of piperidine rings is 1. The SMILES string of the molecule is COc1ccc(N2CCC(c3c(OC)cc(OC)c4c(=O)cc(-c5ccccc5Cl)oc34)C(O)C2)cc1. The summed E-state index contributed by atoms with van der Waals surface area (Å²) in [5.74, 6) is 1.62. The first-order valence-corrected chi connectivity index (χ1v) is 12.4. The van der Waals surface area contributed by atoms with Crippen LogP contribution in [0.5, 0.6) is 17.2 Å². The highest BCUT2D eigenvalue weighted by Crippen LogP contribution is 2.44. The Morgan fingerprint density at radius 2 is 1.70 bits per heavy atom. The van der Waals surface area contributed by atoms with Gasteiger partial charge in [-0.15, -0.1) is 0 Å². The van der Waals surface area contributed by atoms with E-state index in [4.69, 9.17) is 30.2 Å². The summed E-state index contributed by atoms with van der Waals surface area (Å²) in [4.78, 5) is 15.5. The average Bonchev–Trinajstić information content (AvgIpc) is 2.92. The van der Waals surface area contributed by atoms with Crippen molar-refractivity contribution < 1.29 is 23.7 Å². The molecule has 192 valence electrons. The molecule has 8 heteroatoms. The molecule has 2 unspecified atom stereocenters. The molecule has 4 aromatic rings. The summed E-state index contributed by atoms with van der Waals surface area (Å²) in [5, 5.41) is 12.1. The van der Waals surface area contributed by atoms with Gasteiger partial charge in [-0.1, -0.05) is 23.7 Å². The first-order chi connectivity index (χ1) is 17.9. The Kier molecular flexibility index (Phi) is 7.00. The highest BCUT2D eigenvalue weighted by molar-refractivity contribution is 6.33. The summed E-state index contributed by atoms with van der Waals surface area (Å²) in [5.41, 5.74) is 2.32. The third-order valence-electron chi connectivity index (χ3n) is 6.94. The molecule has 1 aliphatic heterocycles. The summed E-state index contributed by atoms with van der Waals surface area (Å²) in [6.07, 6.45) is -0.124. The van der Waals surface area contributed by atoms with E-state index < -0.39 is 6.10 Å². The molecule has 0 spiro atoms. The van der Waals surface area contributed by atoms with Crippen molar-refractivity contribution in [3.63, 3.8) is 0 Å². The number of methoxy groups -OCH3 is 3. The van der Waals surface area contributed by atoms with E-state index in [-0.39, 0.29) is 11.3 Å². The number of β-amino-alcohol motifs (C(OH)–C–C–N with tert-alkyl or cyclic N) is 1. The lowest BCUT2D eigenvalue weighted by Gasteiger charge is -2.38. The van der Waals surface area contributed by atoms with E-state index >= 15 is 0 Å². The van der Waals surface area contributed by atoms with Gasteiger partial charge in [0.1, 0.15) is 34.0 Å². The predicted octanol–water partition coefficient (Wildman–Crippen LogP) is 5.49. The molecule has 0 amide bonds. The van der Waals surface area contributed by atoms with E-state index in [0.29, 0.717) is 63.9 Å². The monoisotopic (exact) mass is 521 g/mol. The van der Waals surface area contributed by atoms with Crippen LogP contribution in [0.3, 0.4) is 0 Å². The second-order valence-corrected chi connectivity index (χ2v) is 9.37. The van der Waals surface area contributed by atoms with Crippen molar-refractivity contribution in [1.29, 1.82) is 0 Å². The molecule has 37 heavy (non-hydrogen) atoms. The molecule has 0 saturated carbocycles. The highest BCUT2D eigenvalue weighted by atomic mass is 35.5. The molecule has 1 aliphatic rings. The van der Waals surface area contributed by atoms with Gasteiger partial charge in [0.05, 0.1) is 32.5 Å². The van der Waals surface area contributed by atoms with Crippen LogP contribution in [-0.2, 0) is 0 Å². The Morgan fingerprint density at radius 3 is 2.35 bits per heavy atom. The van der Waals surface area contributed by atoms with Crippen LogP contribution in [0.1, 0.15) is 17.9 Å². The maximum atomic E-state index is 13.4.